The van der Waals surface area contributed by atoms with Gasteiger partial charge in [-0.05, 0) is 24.3 Å². The highest BCUT2D eigenvalue weighted by Gasteiger charge is 2.37. The van der Waals surface area contributed by atoms with Gasteiger partial charge in [0.05, 0.1) is 34.1 Å². The zero-order valence-electron chi connectivity index (χ0n) is 17.8. The minimum atomic E-state index is -4.77. The molecule has 13 heteroatoms. The van der Waals surface area contributed by atoms with Crippen LogP contribution >= 0.6 is 0 Å². The standard InChI is InChI=1S/C22H16F6N6O/c1-29-20(35)11-8-14(22(26,27)28)18(32-9-11)16-4-3-13-15(6-7-30-19(13)34-16)33-17-5-2-12(10-31-17)21(23,24)25/h2-10,16H,1H3,(H,29,35)(H2,30,31,33,34). The number of hydrogen-bond acceptors (Lipinski definition) is 6. The maximum Gasteiger partial charge on any atom is 0.418 e. The quantitative estimate of drug-likeness (QED) is 0.433. The van der Waals surface area contributed by atoms with E-state index in [1.807, 2.05) is 0 Å². The summed E-state index contributed by atoms with van der Waals surface area (Å²) >= 11 is 0. The summed E-state index contributed by atoms with van der Waals surface area (Å²) in [4.78, 5) is 23.6. The normalized spacial score (nSPS) is 15.2. The number of anilines is 3. The van der Waals surface area contributed by atoms with E-state index in [9.17, 15) is 31.1 Å². The minimum absolute atomic E-state index is 0.132. The molecule has 182 valence electrons. The van der Waals surface area contributed by atoms with Gasteiger partial charge in [-0.3, -0.25) is 9.78 Å². The van der Waals surface area contributed by atoms with Crippen molar-refractivity contribution in [2.24, 2.45) is 0 Å². The van der Waals surface area contributed by atoms with Crippen LogP contribution in [0.5, 0.6) is 0 Å². The maximum atomic E-state index is 13.7. The van der Waals surface area contributed by atoms with Crippen molar-refractivity contribution in [3.05, 3.63) is 76.9 Å². The topological polar surface area (TPSA) is 91.8 Å². The third kappa shape index (κ3) is 5.03. The summed E-state index contributed by atoms with van der Waals surface area (Å²) in [5.74, 6) is -0.353. The lowest BCUT2D eigenvalue weighted by Gasteiger charge is -2.25. The lowest BCUT2D eigenvalue weighted by molar-refractivity contribution is -0.139. The second kappa shape index (κ2) is 8.89. The first-order valence-corrected chi connectivity index (χ1v) is 10.0. The van der Waals surface area contributed by atoms with E-state index >= 15 is 0 Å². The number of alkyl halides is 6. The maximum absolute atomic E-state index is 13.7. The molecule has 0 radical (unpaired) electrons. The molecule has 35 heavy (non-hydrogen) atoms. The minimum Gasteiger partial charge on any atom is -0.358 e. The Morgan fingerprint density at radius 2 is 1.77 bits per heavy atom. The first kappa shape index (κ1) is 24.0. The Morgan fingerprint density at radius 3 is 2.40 bits per heavy atom. The Hall–Kier alpha value is -4.16. The lowest BCUT2D eigenvalue weighted by Crippen LogP contribution is -2.23. The summed E-state index contributed by atoms with van der Waals surface area (Å²) in [5.41, 5.74) is -1.69. The molecular weight excluding hydrogens is 478 g/mol. The number of nitrogens with one attached hydrogen (secondary N) is 3. The molecule has 0 aliphatic carbocycles. The van der Waals surface area contributed by atoms with Crippen molar-refractivity contribution in [1.29, 1.82) is 0 Å². The van der Waals surface area contributed by atoms with Crippen LogP contribution in [0.2, 0.25) is 0 Å². The average molecular weight is 494 g/mol. The lowest BCUT2D eigenvalue weighted by atomic mass is 10.00. The van der Waals surface area contributed by atoms with E-state index in [1.165, 1.54) is 25.4 Å². The molecule has 0 saturated carbocycles. The van der Waals surface area contributed by atoms with Gasteiger partial charge < -0.3 is 16.0 Å². The van der Waals surface area contributed by atoms with Gasteiger partial charge in [0, 0.05) is 31.2 Å². The van der Waals surface area contributed by atoms with Crippen LogP contribution in [0.25, 0.3) is 6.08 Å². The van der Waals surface area contributed by atoms with Crippen LogP contribution in [0.3, 0.4) is 0 Å². The Balaban J connectivity index is 1.63. The monoisotopic (exact) mass is 494 g/mol. The van der Waals surface area contributed by atoms with Gasteiger partial charge in [-0.25, -0.2) is 9.97 Å². The van der Waals surface area contributed by atoms with Gasteiger partial charge in [-0.2, -0.15) is 26.3 Å². The molecule has 1 amide bonds. The molecule has 1 aliphatic heterocycles. The molecule has 0 saturated heterocycles. The van der Waals surface area contributed by atoms with Gasteiger partial charge >= 0.3 is 12.4 Å². The second-order valence-electron chi connectivity index (χ2n) is 7.39. The van der Waals surface area contributed by atoms with Gasteiger partial charge in [0.2, 0.25) is 0 Å². The van der Waals surface area contributed by atoms with Crippen LogP contribution < -0.4 is 16.0 Å². The first-order chi connectivity index (χ1) is 16.5. The number of rotatable bonds is 4. The fourth-order valence-electron chi connectivity index (χ4n) is 3.41. The molecule has 3 aromatic heterocycles. The van der Waals surface area contributed by atoms with Gasteiger partial charge in [-0.15, -0.1) is 0 Å². The van der Waals surface area contributed by atoms with Crippen molar-refractivity contribution < 1.29 is 31.1 Å². The predicted molar refractivity (Wildman–Crippen MR) is 115 cm³/mol. The highest BCUT2D eigenvalue weighted by atomic mass is 19.4. The van der Waals surface area contributed by atoms with Crippen molar-refractivity contribution in [1.82, 2.24) is 20.3 Å². The molecule has 1 unspecified atom stereocenters. The third-order valence-corrected chi connectivity index (χ3v) is 5.10. The third-order valence-electron chi connectivity index (χ3n) is 5.10. The van der Waals surface area contributed by atoms with E-state index in [0.717, 1.165) is 24.4 Å². The van der Waals surface area contributed by atoms with Crippen molar-refractivity contribution in [3.8, 4) is 0 Å². The van der Waals surface area contributed by atoms with E-state index in [2.05, 4.69) is 30.9 Å². The predicted octanol–water partition coefficient (Wildman–Crippen LogP) is 5.19. The molecule has 3 N–H and O–H groups in total. The van der Waals surface area contributed by atoms with Crippen LogP contribution in [0.1, 0.15) is 38.8 Å². The Kier molecular flexibility index (Phi) is 6.09. The van der Waals surface area contributed by atoms with Gasteiger partial charge in [-0.1, -0.05) is 12.2 Å². The number of carbonyl (C=O) groups excluding carboxylic acids is 1. The molecule has 1 atom stereocenters. The van der Waals surface area contributed by atoms with Crippen LogP contribution in [0.15, 0.2) is 48.9 Å². The van der Waals surface area contributed by atoms with E-state index in [4.69, 9.17) is 0 Å². The van der Waals surface area contributed by atoms with Crippen LogP contribution in [0.4, 0.5) is 43.7 Å². The number of amides is 1. The van der Waals surface area contributed by atoms with Crippen molar-refractivity contribution in [2.75, 3.05) is 17.7 Å². The number of carbonyl (C=O) groups is 1. The van der Waals surface area contributed by atoms with Crippen molar-refractivity contribution >= 4 is 29.3 Å². The van der Waals surface area contributed by atoms with Crippen LogP contribution in [-0.2, 0) is 12.4 Å². The molecule has 3 aromatic rings. The molecule has 0 spiro atoms. The van der Waals surface area contributed by atoms with Crippen molar-refractivity contribution in [2.45, 2.75) is 18.4 Å². The Morgan fingerprint density at radius 1 is 1.00 bits per heavy atom. The summed E-state index contributed by atoms with van der Waals surface area (Å²) in [6.07, 6.45) is -3.22. The largest absolute Gasteiger partial charge is 0.418 e. The van der Waals surface area contributed by atoms with Crippen LogP contribution in [0, 0.1) is 0 Å². The molecular formula is C22H16F6N6O. The zero-order valence-corrected chi connectivity index (χ0v) is 17.8. The van der Waals surface area contributed by atoms with E-state index in [1.54, 1.807) is 6.07 Å². The molecule has 7 nitrogen and oxygen atoms in total. The van der Waals surface area contributed by atoms with Gasteiger partial charge in [0.25, 0.3) is 5.91 Å². The number of nitrogens with zero attached hydrogens (tertiary/aromatic N) is 3. The Bertz CT molecular complexity index is 1290. The Labute approximate surface area is 194 Å². The molecule has 4 rings (SSSR count). The SMILES string of the molecule is CNC(=O)c1cnc(C2C=Cc3c(Nc4ccc(C(F)(F)F)cn4)ccnc3N2)c(C(F)(F)F)c1. The van der Waals surface area contributed by atoms with E-state index < -0.39 is 35.4 Å². The van der Waals surface area contributed by atoms with E-state index in [0.29, 0.717) is 17.4 Å². The van der Waals surface area contributed by atoms with Crippen LogP contribution in [-0.4, -0.2) is 27.9 Å². The second-order valence-corrected chi connectivity index (χ2v) is 7.39. The van der Waals surface area contributed by atoms with E-state index in [-0.39, 0.29) is 22.9 Å². The summed E-state index contributed by atoms with van der Waals surface area (Å²) in [5, 5.41) is 8.01. The number of pyridine rings is 3. The first-order valence-electron chi connectivity index (χ1n) is 10.0. The molecule has 4 heterocycles. The fraction of sp³-hybridized carbons (Fsp3) is 0.182. The number of hydrogen-bond donors (Lipinski definition) is 3. The highest BCUT2D eigenvalue weighted by molar-refractivity contribution is 5.94. The molecule has 0 bridgehead atoms. The number of aromatic nitrogens is 3. The average Bonchev–Trinajstić information content (AvgIpc) is 2.82. The van der Waals surface area contributed by atoms with Crippen molar-refractivity contribution in [3.63, 3.8) is 0 Å². The number of halogens is 6. The number of fused-ring (bicyclic) bond motifs is 1. The smallest absolute Gasteiger partial charge is 0.358 e. The fourth-order valence-corrected chi connectivity index (χ4v) is 3.41. The summed E-state index contributed by atoms with van der Waals surface area (Å²) in [7, 11) is 1.29. The summed E-state index contributed by atoms with van der Waals surface area (Å²) < 4.78 is 79.4. The zero-order chi connectivity index (χ0) is 25.4. The summed E-state index contributed by atoms with van der Waals surface area (Å²) in [6, 6.07) is 3.30. The van der Waals surface area contributed by atoms with Gasteiger partial charge in [0.1, 0.15) is 11.6 Å². The van der Waals surface area contributed by atoms with Gasteiger partial charge in [0.15, 0.2) is 0 Å². The molecule has 0 fully saturated rings. The summed E-state index contributed by atoms with van der Waals surface area (Å²) in [6.45, 7) is 0. The molecule has 1 aliphatic rings. The highest BCUT2D eigenvalue weighted by Crippen LogP contribution is 2.39. The molecule has 0 aromatic carbocycles.